The van der Waals surface area contributed by atoms with Gasteiger partial charge < -0.3 is 14.5 Å². The van der Waals surface area contributed by atoms with Crippen LogP contribution in [0.25, 0.3) is 11.1 Å². The lowest BCUT2D eigenvalue weighted by Gasteiger charge is -2.38. The van der Waals surface area contributed by atoms with E-state index in [1.54, 1.807) is 17.0 Å². The number of aromatic nitrogens is 1. The molecule has 3 aliphatic rings. The molecule has 1 saturated carbocycles. The zero-order valence-electron chi connectivity index (χ0n) is 23.4. The highest BCUT2D eigenvalue weighted by Gasteiger charge is 2.32. The number of anilines is 1. The number of carbonyl (C=O) groups is 1. The monoisotopic (exact) mass is 555 g/mol. The third-order valence-corrected chi connectivity index (χ3v) is 9.86. The zero-order valence-corrected chi connectivity index (χ0v) is 24.2. The smallest absolute Gasteiger partial charge is 0.410 e. The maximum atomic E-state index is 13.2. The molecule has 5 rings (SSSR count). The Morgan fingerprint density at radius 3 is 2.03 bits per heavy atom. The molecule has 2 saturated heterocycles. The fourth-order valence-electron chi connectivity index (χ4n) is 5.74. The van der Waals surface area contributed by atoms with E-state index in [4.69, 9.17) is 9.72 Å². The topological polar surface area (TPSA) is 86.3 Å². The molecule has 3 fully saturated rings. The summed E-state index contributed by atoms with van der Waals surface area (Å²) in [5, 5.41) is 0. The highest BCUT2D eigenvalue weighted by Crippen LogP contribution is 2.27. The molecular weight excluding hydrogens is 514 g/mol. The third-order valence-electron chi connectivity index (χ3n) is 7.94. The maximum absolute atomic E-state index is 13.2. The summed E-state index contributed by atoms with van der Waals surface area (Å²) in [4.78, 5) is 23.9. The van der Waals surface area contributed by atoms with Crippen LogP contribution < -0.4 is 4.90 Å². The minimum atomic E-state index is -3.65. The normalized spacial score (nSPS) is 20.4. The van der Waals surface area contributed by atoms with Crippen molar-refractivity contribution < 1.29 is 17.9 Å². The molecule has 3 heterocycles. The van der Waals surface area contributed by atoms with Crippen molar-refractivity contribution in [3.63, 3.8) is 0 Å². The Kier molecular flexibility index (Phi) is 8.16. The van der Waals surface area contributed by atoms with Crippen LogP contribution in [0, 0.1) is 0 Å². The molecule has 10 heteroatoms. The van der Waals surface area contributed by atoms with Gasteiger partial charge in [-0.05, 0) is 63.4 Å². The number of hydrogen-bond acceptors (Lipinski definition) is 7. The molecule has 0 unspecified atom stereocenters. The van der Waals surface area contributed by atoms with Crippen molar-refractivity contribution in [2.24, 2.45) is 0 Å². The number of hydrogen-bond donors (Lipinski definition) is 0. The van der Waals surface area contributed by atoms with Gasteiger partial charge >= 0.3 is 6.09 Å². The lowest BCUT2D eigenvalue weighted by atomic mass is 10.1. The van der Waals surface area contributed by atoms with E-state index in [1.165, 1.54) is 30.0 Å². The SMILES string of the molecule is CC(C)(C)OC(=O)N1CCN(S(=O)(=O)c2ccc(-c3ccc(N4CCN(C5CCCC5)CC4)nc3)cc2)CC1. The van der Waals surface area contributed by atoms with E-state index >= 15 is 0 Å². The molecule has 1 aromatic carbocycles. The predicted molar refractivity (Wildman–Crippen MR) is 152 cm³/mol. The first-order chi connectivity index (χ1) is 18.6. The van der Waals surface area contributed by atoms with Crippen molar-refractivity contribution in [2.75, 3.05) is 57.3 Å². The zero-order chi connectivity index (χ0) is 27.6. The summed E-state index contributed by atoms with van der Waals surface area (Å²) < 4.78 is 33.3. The Labute approximate surface area is 232 Å². The van der Waals surface area contributed by atoms with Crippen LogP contribution in [0.3, 0.4) is 0 Å². The van der Waals surface area contributed by atoms with Crippen LogP contribution in [0.5, 0.6) is 0 Å². The largest absolute Gasteiger partial charge is 0.444 e. The van der Waals surface area contributed by atoms with E-state index in [2.05, 4.69) is 21.9 Å². The number of ether oxygens (including phenoxy) is 1. The molecule has 9 nitrogen and oxygen atoms in total. The van der Waals surface area contributed by atoms with E-state index in [9.17, 15) is 13.2 Å². The Bertz CT molecular complexity index is 1220. The first-order valence-corrected chi connectivity index (χ1v) is 15.6. The molecule has 2 aromatic rings. The van der Waals surface area contributed by atoms with Crippen LogP contribution in [0.15, 0.2) is 47.5 Å². The lowest BCUT2D eigenvalue weighted by Crippen LogP contribution is -2.51. The van der Waals surface area contributed by atoms with Crippen molar-refractivity contribution in [3.05, 3.63) is 42.6 Å². The molecule has 1 aliphatic carbocycles. The summed E-state index contributed by atoms with van der Waals surface area (Å²) in [5.74, 6) is 0.995. The molecule has 1 amide bonds. The maximum Gasteiger partial charge on any atom is 0.410 e. The highest BCUT2D eigenvalue weighted by atomic mass is 32.2. The number of carbonyl (C=O) groups excluding carboxylic acids is 1. The van der Waals surface area contributed by atoms with Gasteiger partial charge in [-0.1, -0.05) is 25.0 Å². The minimum Gasteiger partial charge on any atom is -0.444 e. The first kappa shape index (κ1) is 27.9. The van der Waals surface area contributed by atoms with Crippen LogP contribution in [0.1, 0.15) is 46.5 Å². The minimum absolute atomic E-state index is 0.240. The van der Waals surface area contributed by atoms with E-state index in [1.807, 2.05) is 39.1 Å². The van der Waals surface area contributed by atoms with E-state index in [0.29, 0.717) is 13.1 Å². The first-order valence-electron chi connectivity index (χ1n) is 14.1. The second-order valence-corrected chi connectivity index (χ2v) is 13.7. The van der Waals surface area contributed by atoms with Crippen molar-refractivity contribution in [1.82, 2.24) is 19.1 Å². The summed E-state index contributed by atoms with van der Waals surface area (Å²) in [6, 6.07) is 11.9. The number of nitrogens with zero attached hydrogens (tertiary/aromatic N) is 5. The Morgan fingerprint density at radius 2 is 1.46 bits per heavy atom. The standard InChI is InChI=1S/C29H41N5O4S/c1-29(2,3)38-28(35)33-18-20-34(21-19-33)39(36,37)26-11-8-23(9-12-26)24-10-13-27(30-22-24)32-16-14-31(15-17-32)25-6-4-5-7-25/h8-13,22,25H,4-7,14-21H2,1-3H3. The molecule has 2 aliphatic heterocycles. The second kappa shape index (κ2) is 11.4. The quantitative estimate of drug-likeness (QED) is 0.550. The fraction of sp³-hybridized carbons (Fsp3) is 0.586. The summed E-state index contributed by atoms with van der Waals surface area (Å²) in [6.07, 6.45) is 6.89. The van der Waals surface area contributed by atoms with Crippen LogP contribution in [-0.2, 0) is 14.8 Å². The number of rotatable bonds is 5. The summed E-state index contributed by atoms with van der Waals surface area (Å²) >= 11 is 0. The van der Waals surface area contributed by atoms with Gasteiger partial charge in [0.25, 0.3) is 0 Å². The van der Waals surface area contributed by atoms with Crippen LogP contribution >= 0.6 is 0 Å². The number of sulfonamides is 1. The van der Waals surface area contributed by atoms with Gasteiger partial charge in [-0.15, -0.1) is 0 Å². The summed E-state index contributed by atoms with van der Waals surface area (Å²) in [6.45, 7) is 10.7. The molecule has 0 bridgehead atoms. The van der Waals surface area contributed by atoms with Crippen LogP contribution in [0.2, 0.25) is 0 Å². The van der Waals surface area contributed by atoms with Crippen LogP contribution in [-0.4, -0.2) is 97.6 Å². The van der Waals surface area contributed by atoms with E-state index in [-0.39, 0.29) is 18.0 Å². The average Bonchev–Trinajstić information content (AvgIpc) is 3.48. The van der Waals surface area contributed by atoms with Gasteiger partial charge in [-0.2, -0.15) is 4.31 Å². The number of amides is 1. The molecule has 212 valence electrons. The fourth-order valence-corrected chi connectivity index (χ4v) is 7.16. The van der Waals surface area contributed by atoms with Gasteiger partial charge in [0.1, 0.15) is 11.4 Å². The molecule has 0 atom stereocenters. The van der Waals surface area contributed by atoms with Gasteiger partial charge in [-0.25, -0.2) is 18.2 Å². The summed E-state index contributed by atoms with van der Waals surface area (Å²) in [5.41, 5.74) is 1.30. The number of pyridine rings is 1. The highest BCUT2D eigenvalue weighted by molar-refractivity contribution is 7.89. The molecule has 1 aromatic heterocycles. The Morgan fingerprint density at radius 1 is 0.846 bits per heavy atom. The van der Waals surface area contributed by atoms with Crippen molar-refractivity contribution in [2.45, 2.75) is 63.0 Å². The third kappa shape index (κ3) is 6.56. The summed E-state index contributed by atoms with van der Waals surface area (Å²) in [7, 11) is -3.65. The van der Waals surface area contributed by atoms with Gasteiger partial charge in [-0.3, -0.25) is 4.90 Å². The van der Waals surface area contributed by atoms with Crippen molar-refractivity contribution in [3.8, 4) is 11.1 Å². The predicted octanol–water partition coefficient (Wildman–Crippen LogP) is 4.05. The Balaban J connectivity index is 1.16. The van der Waals surface area contributed by atoms with Gasteiger partial charge in [0.2, 0.25) is 10.0 Å². The van der Waals surface area contributed by atoms with Gasteiger partial charge in [0.05, 0.1) is 4.90 Å². The van der Waals surface area contributed by atoms with Crippen LogP contribution in [0.4, 0.5) is 10.6 Å². The molecule has 0 spiro atoms. The van der Waals surface area contributed by atoms with E-state index < -0.39 is 21.7 Å². The molecule has 39 heavy (non-hydrogen) atoms. The van der Waals surface area contributed by atoms with E-state index in [0.717, 1.165) is 49.2 Å². The lowest BCUT2D eigenvalue weighted by molar-refractivity contribution is 0.0192. The Hall–Kier alpha value is -2.69. The van der Waals surface area contributed by atoms with Crippen molar-refractivity contribution in [1.29, 1.82) is 0 Å². The van der Waals surface area contributed by atoms with Gasteiger partial charge in [0.15, 0.2) is 0 Å². The van der Waals surface area contributed by atoms with Gasteiger partial charge in [0, 0.05) is 70.2 Å². The number of benzene rings is 1. The molecule has 0 radical (unpaired) electrons. The van der Waals surface area contributed by atoms with Crippen molar-refractivity contribution >= 4 is 21.9 Å². The molecule has 0 N–H and O–H groups in total. The molecular formula is C29H41N5O4S. The average molecular weight is 556 g/mol. The number of piperazine rings is 2. The second-order valence-electron chi connectivity index (χ2n) is 11.8.